The molecule has 0 unspecified atom stereocenters. The first-order valence-corrected chi connectivity index (χ1v) is 12.5. The van der Waals surface area contributed by atoms with Gasteiger partial charge in [-0.25, -0.2) is 4.98 Å². The summed E-state index contributed by atoms with van der Waals surface area (Å²) >= 11 is 2.91. The number of nitrogens with zero attached hydrogens (tertiary/aromatic N) is 2. The summed E-state index contributed by atoms with van der Waals surface area (Å²) in [6, 6.07) is 7.59. The van der Waals surface area contributed by atoms with E-state index in [1.165, 1.54) is 22.2 Å². The summed E-state index contributed by atoms with van der Waals surface area (Å²) in [7, 11) is 3.22. The van der Waals surface area contributed by atoms with Gasteiger partial charge in [-0.05, 0) is 37.3 Å². The van der Waals surface area contributed by atoms with Crippen LogP contribution < -0.4 is 15.6 Å². The van der Waals surface area contributed by atoms with Crippen LogP contribution in [0.3, 0.4) is 0 Å². The first-order chi connectivity index (χ1) is 15.6. The molecule has 0 saturated heterocycles. The molecule has 0 radical (unpaired) electrons. The van der Waals surface area contributed by atoms with Crippen molar-refractivity contribution in [2.45, 2.75) is 43.9 Å². The van der Waals surface area contributed by atoms with Crippen LogP contribution >= 0.6 is 23.1 Å². The van der Waals surface area contributed by atoms with Gasteiger partial charge in [-0.1, -0.05) is 30.0 Å². The van der Waals surface area contributed by atoms with Crippen LogP contribution in [0.2, 0.25) is 0 Å². The van der Waals surface area contributed by atoms with Crippen LogP contribution in [0.25, 0.3) is 10.2 Å². The Kier molecular flexibility index (Phi) is 7.49. The molecule has 2 aromatic heterocycles. The lowest BCUT2D eigenvalue weighted by atomic mass is 9.97. The van der Waals surface area contributed by atoms with E-state index in [-0.39, 0.29) is 17.2 Å². The molecule has 0 aliphatic heterocycles. The number of nitrogens with one attached hydrogen (secondary N) is 1. The third-order valence-corrected chi connectivity index (χ3v) is 7.72. The van der Waals surface area contributed by atoms with E-state index in [0.29, 0.717) is 24.9 Å². The summed E-state index contributed by atoms with van der Waals surface area (Å²) in [6.07, 6.45) is 4.22. The number of aromatic nitrogens is 2. The highest BCUT2D eigenvalue weighted by Gasteiger charge is 2.22. The van der Waals surface area contributed by atoms with Crippen molar-refractivity contribution in [3.63, 3.8) is 0 Å². The quantitative estimate of drug-likeness (QED) is 0.379. The Morgan fingerprint density at radius 1 is 1.25 bits per heavy atom. The molecular weight excluding hydrogens is 446 g/mol. The molecule has 1 aliphatic rings. The molecule has 0 atom stereocenters. The fourth-order valence-corrected chi connectivity index (χ4v) is 6.09. The smallest absolute Gasteiger partial charge is 0.263 e. The minimum atomic E-state index is -0.126. The summed E-state index contributed by atoms with van der Waals surface area (Å²) in [5, 5.41) is 4.24. The lowest BCUT2D eigenvalue weighted by Crippen LogP contribution is -2.28. The van der Waals surface area contributed by atoms with Gasteiger partial charge in [-0.2, -0.15) is 0 Å². The van der Waals surface area contributed by atoms with Crippen molar-refractivity contribution in [1.82, 2.24) is 14.9 Å². The van der Waals surface area contributed by atoms with Crippen molar-refractivity contribution >= 4 is 39.2 Å². The van der Waals surface area contributed by atoms with E-state index in [0.717, 1.165) is 47.2 Å². The normalized spacial score (nSPS) is 13.2. The summed E-state index contributed by atoms with van der Waals surface area (Å²) in [5.74, 6) is 0.784. The van der Waals surface area contributed by atoms with Gasteiger partial charge < -0.3 is 14.8 Å². The zero-order chi connectivity index (χ0) is 22.5. The van der Waals surface area contributed by atoms with Crippen LogP contribution in [0.1, 0.15) is 28.8 Å². The van der Waals surface area contributed by atoms with Gasteiger partial charge >= 0.3 is 0 Å². The Morgan fingerprint density at radius 2 is 2.06 bits per heavy atom. The molecular formula is C23H27N3O4S2. The number of carbonyl (C=O) groups is 1. The number of benzene rings is 1. The van der Waals surface area contributed by atoms with Crippen molar-refractivity contribution in [1.29, 1.82) is 0 Å². The van der Waals surface area contributed by atoms with Crippen LogP contribution in [0.15, 0.2) is 34.2 Å². The molecule has 0 fully saturated rings. The molecule has 170 valence electrons. The number of ether oxygens (including phenoxy) is 2. The SMILES string of the molecule is COCCn1c(SCC(=O)NCc2ccccc2OC)nc2sc3c(c2c1=O)CCCC3. The molecule has 0 bridgehead atoms. The second-order valence-corrected chi connectivity index (χ2v) is 9.64. The van der Waals surface area contributed by atoms with E-state index < -0.39 is 0 Å². The third-order valence-electron chi connectivity index (χ3n) is 5.56. The maximum Gasteiger partial charge on any atom is 0.263 e. The number of methoxy groups -OCH3 is 2. The van der Waals surface area contributed by atoms with Crippen molar-refractivity contribution in [3.8, 4) is 5.75 Å². The van der Waals surface area contributed by atoms with Crippen LogP contribution in [0.5, 0.6) is 5.75 Å². The first-order valence-electron chi connectivity index (χ1n) is 10.7. The fourth-order valence-electron chi connectivity index (χ4n) is 3.93. The van der Waals surface area contributed by atoms with E-state index in [1.54, 1.807) is 30.1 Å². The average Bonchev–Trinajstić information content (AvgIpc) is 3.19. The molecule has 1 amide bonds. The van der Waals surface area contributed by atoms with E-state index in [4.69, 9.17) is 14.5 Å². The van der Waals surface area contributed by atoms with Gasteiger partial charge in [0.25, 0.3) is 5.56 Å². The Balaban J connectivity index is 1.52. The third kappa shape index (κ3) is 4.84. The fraction of sp³-hybridized carbons (Fsp3) is 0.435. The minimum Gasteiger partial charge on any atom is -0.496 e. The van der Waals surface area contributed by atoms with Crippen LogP contribution in [0.4, 0.5) is 0 Å². The van der Waals surface area contributed by atoms with Gasteiger partial charge in [0, 0.05) is 24.1 Å². The molecule has 2 heterocycles. The van der Waals surface area contributed by atoms with Gasteiger partial charge in [0.1, 0.15) is 10.6 Å². The molecule has 0 spiro atoms. The molecule has 0 saturated carbocycles. The zero-order valence-electron chi connectivity index (χ0n) is 18.3. The lowest BCUT2D eigenvalue weighted by Gasteiger charge is -2.13. The van der Waals surface area contributed by atoms with Gasteiger partial charge in [-0.3, -0.25) is 14.2 Å². The van der Waals surface area contributed by atoms with Crippen molar-refractivity contribution in [3.05, 3.63) is 50.6 Å². The molecule has 1 aromatic carbocycles. The highest BCUT2D eigenvalue weighted by Crippen LogP contribution is 2.34. The standard InChI is InChI=1S/C23H27N3O4S2/c1-29-12-11-26-22(28)20-16-8-4-6-10-18(16)32-21(20)25-23(26)31-14-19(27)24-13-15-7-3-5-9-17(15)30-2/h3,5,7,9H,4,6,8,10-14H2,1-2H3,(H,24,27). The number of para-hydroxylation sites is 1. The number of fused-ring (bicyclic) bond motifs is 3. The maximum absolute atomic E-state index is 13.4. The largest absolute Gasteiger partial charge is 0.496 e. The Morgan fingerprint density at radius 3 is 2.88 bits per heavy atom. The molecule has 1 aliphatic carbocycles. The van der Waals surface area contributed by atoms with E-state index in [1.807, 2.05) is 24.3 Å². The molecule has 1 N–H and O–H groups in total. The summed E-state index contributed by atoms with van der Waals surface area (Å²) < 4.78 is 12.2. The van der Waals surface area contributed by atoms with Gasteiger partial charge in [0.2, 0.25) is 5.91 Å². The number of thiophene rings is 1. The summed E-state index contributed by atoms with van der Waals surface area (Å²) in [6.45, 7) is 1.20. The van der Waals surface area contributed by atoms with Crippen molar-refractivity contribution in [2.24, 2.45) is 0 Å². The molecule has 3 aromatic rings. The van der Waals surface area contributed by atoms with Crippen molar-refractivity contribution < 1.29 is 14.3 Å². The zero-order valence-corrected chi connectivity index (χ0v) is 19.9. The second-order valence-electron chi connectivity index (χ2n) is 7.61. The van der Waals surface area contributed by atoms with Gasteiger partial charge in [0.15, 0.2) is 5.16 Å². The number of rotatable bonds is 9. The Labute approximate surface area is 195 Å². The van der Waals surface area contributed by atoms with E-state index in [9.17, 15) is 9.59 Å². The highest BCUT2D eigenvalue weighted by atomic mass is 32.2. The first kappa shape index (κ1) is 22.8. The number of hydrogen-bond acceptors (Lipinski definition) is 7. The second kappa shape index (κ2) is 10.5. The Bertz CT molecular complexity index is 1170. The van der Waals surface area contributed by atoms with Gasteiger partial charge in [-0.15, -0.1) is 11.3 Å². The predicted molar refractivity (Wildman–Crippen MR) is 128 cm³/mol. The van der Waals surface area contributed by atoms with Gasteiger partial charge in [0.05, 0.1) is 31.4 Å². The number of carbonyl (C=O) groups excluding carboxylic acids is 1. The summed E-state index contributed by atoms with van der Waals surface area (Å²) in [4.78, 5) is 32.7. The monoisotopic (exact) mass is 473 g/mol. The number of amides is 1. The molecule has 32 heavy (non-hydrogen) atoms. The topological polar surface area (TPSA) is 82.4 Å². The highest BCUT2D eigenvalue weighted by molar-refractivity contribution is 7.99. The molecule has 7 nitrogen and oxygen atoms in total. The maximum atomic E-state index is 13.4. The number of aryl methyl sites for hydroxylation is 2. The Hall–Kier alpha value is -2.36. The number of hydrogen-bond donors (Lipinski definition) is 1. The van der Waals surface area contributed by atoms with E-state index >= 15 is 0 Å². The van der Waals surface area contributed by atoms with E-state index in [2.05, 4.69) is 5.32 Å². The van der Waals surface area contributed by atoms with Crippen LogP contribution in [0, 0.1) is 0 Å². The average molecular weight is 474 g/mol. The van der Waals surface area contributed by atoms with Crippen molar-refractivity contribution in [2.75, 3.05) is 26.6 Å². The summed E-state index contributed by atoms with van der Waals surface area (Å²) in [5.41, 5.74) is 2.06. The lowest BCUT2D eigenvalue weighted by molar-refractivity contribution is -0.118. The molecule has 4 rings (SSSR count). The molecule has 9 heteroatoms. The van der Waals surface area contributed by atoms with Crippen LogP contribution in [-0.4, -0.2) is 42.0 Å². The van der Waals surface area contributed by atoms with Crippen LogP contribution in [-0.2, 0) is 35.5 Å². The minimum absolute atomic E-state index is 0.0246. The number of thioether (sulfide) groups is 1. The predicted octanol–water partition coefficient (Wildman–Crippen LogP) is 3.40.